The van der Waals surface area contributed by atoms with E-state index in [1.54, 1.807) is 13.8 Å². The van der Waals surface area contributed by atoms with Gasteiger partial charge < -0.3 is 25.1 Å². The van der Waals surface area contributed by atoms with Gasteiger partial charge in [0.25, 0.3) is 0 Å². The van der Waals surface area contributed by atoms with Gasteiger partial charge in [-0.15, -0.1) is 0 Å². The lowest BCUT2D eigenvalue weighted by Crippen LogP contribution is -2.56. The Morgan fingerprint density at radius 2 is 2.14 bits per heavy atom. The highest BCUT2D eigenvalue weighted by Gasteiger charge is 2.36. The Morgan fingerprint density at radius 1 is 1.45 bits per heavy atom. The zero-order valence-electron chi connectivity index (χ0n) is 16.3. The molecule has 1 aliphatic heterocycles. The highest BCUT2D eigenvalue weighted by atomic mass is 19.1. The van der Waals surface area contributed by atoms with Crippen LogP contribution < -0.4 is 16.1 Å². The Balaban J connectivity index is 2.23. The molecule has 1 aromatic heterocycles. The highest BCUT2D eigenvalue weighted by Crippen LogP contribution is 2.32. The number of aromatic nitrogens is 1. The van der Waals surface area contributed by atoms with Crippen molar-refractivity contribution in [1.82, 2.24) is 4.57 Å². The van der Waals surface area contributed by atoms with E-state index in [0.29, 0.717) is 12.1 Å². The molecule has 2 heterocycles. The van der Waals surface area contributed by atoms with E-state index in [1.807, 2.05) is 0 Å². The van der Waals surface area contributed by atoms with Crippen LogP contribution in [0.3, 0.4) is 0 Å². The number of nitrogens with zero attached hydrogens (tertiary/aromatic N) is 3. The molecule has 0 saturated carbocycles. The summed E-state index contributed by atoms with van der Waals surface area (Å²) in [5.41, 5.74) is 3.91. The minimum absolute atomic E-state index is 0.0454. The number of carboxylic acids is 1. The van der Waals surface area contributed by atoms with Crippen LogP contribution in [-0.4, -0.2) is 47.1 Å². The van der Waals surface area contributed by atoms with E-state index in [0.717, 1.165) is 12.3 Å². The fourth-order valence-corrected chi connectivity index (χ4v) is 3.55. The molecule has 8 nitrogen and oxygen atoms in total. The topological polar surface area (TPSA) is 110 Å². The van der Waals surface area contributed by atoms with Gasteiger partial charge in [-0.05, 0) is 26.3 Å². The smallest absolute Gasteiger partial charge is 0.341 e. The molecular weight excluding hydrogens is 386 g/mol. The lowest BCUT2D eigenvalue weighted by Gasteiger charge is -2.39. The molecule has 2 aromatic rings. The first-order valence-electron chi connectivity index (χ1n) is 9.05. The van der Waals surface area contributed by atoms with Gasteiger partial charge in [-0.2, -0.15) is 0 Å². The summed E-state index contributed by atoms with van der Waals surface area (Å²) in [5, 5.41) is 12.8. The second kappa shape index (κ2) is 7.43. The monoisotopic (exact) mass is 408 g/mol. The normalized spacial score (nSPS) is 21.0. The quantitative estimate of drug-likeness (QED) is 0.748. The first-order valence-corrected chi connectivity index (χ1v) is 9.05. The number of nitrogens with two attached hydrogens (primary N) is 1. The molecule has 0 amide bonds. The van der Waals surface area contributed by atoms with Crippen LogP contribution in [0.4, 0.5) is 14.5 Å². The summed E-state index contributed by atoms with van der Waals surface area (Å²) in [6.45, 7) is 3.93. The van der Waals surface area contributed by atoms with E-state index < -0.39 is 34.1 Å². The molecule has 1 atom stereocenters. The molecule has 0 bridgehead atoms. The highest BCUT2D eigenvalue weighted by molar-refractivity contribution is 5.98. The molecule has 10 heteroatoms. The van der Waals surface area contributed by atoms with Gasteiger partial charge in [0.15, 0.2) is 5.82 Å². The summed E-state index contributed by atoms with van der Waals surface area (Å²) in [5.74, 6) is -3.36. The third-order valence-electron chi connectivity index (χ3n) is 5.22. The van der Waals surface area contributed by atoms with E-state index in [2.05, 4.69) is 5.16 Å². The van der Waals surface area contributed by atoms with Crippen LogP contribution in [0.1, 0.15) is 30.6 Å². The second-order valence-electron chi connectivity index (χ2n) is 7.19. The number of halogens is 2. The lowest BCUT2D eigenvalue weighted by molar-refractivity contribution is 0.0695. The fourth-order valence-electron chi connectivity index (χ4n) is 3.55. The van der Waals surface area contributed by atoms with Gasteiger partial charge in [-0.1, -0.05) is 5.16 Å². The summed E-state index contributed by atoms with van der Waals surface area (Å²) in [7, 11) is 1.36. The SMILES string of the molecule is CCn1cc(C(=O)O)c(=O)c2cc(F)c(N3CCC(C)(N)/C(=N/OC)C3)c(F)c21. The zero-order chi connectivity index (χ0) is 21.5. The molecule has 156 valence electrons. The van der Waals surface area contributed by atoms with Crippen molar-refractivity contribution in [2.24, 2.45) is 10.9 Å². The van der Waals surface area contributed by atoms with E-state index in [1.165, 1.54) is 16.6 Å². The second-order valence-corrected chi connectivity index (χ2v) is 7.19. The number of aromatic carboxylic acids is 1. The van der Waals surface area contributed by atoms with E-state index in [9.17, 15) is 19.1 Å². The number of aryl methyl sites for hydroxylation is 1. The van der Waals surface area contributed by atoms with Crippen molar-refractivity contribution >= 4 is 28.3 Å². The molecule has 0 aliphatic carbocycles. The minimum Gasteiger partial charge on any atom is -0.477 e. The summed E-state index contributed by atoms with van der Waals surface area (Å²) >= 11 is 0. The summed E-state index contributed by atoms with van der Waals surface area (Å²) in [6, 6.07) is 0.887. The van der Waals surface area contributed by atoms with Crippen LogP contribution in [0, 0.1) is 11.6 Å². The number of carboxylic acid groups (broad SMARTS) is 1. The maximum Gasteiger partial charge on any atom is 0.341 e. The number of anilines is 1. The Bertz CT molecular complexity index is 1080. The number of rotatable bonds is 4. The van der Waals surface area contributed by atoms with Crippen molar-refractivity contribution in [2.75, 3.05) is 25.1 Å². The summed E-state index contributed by atoms with van der Waals surface area (Å²) < 4.78 is 31.7. The van der Waals surface area contributed by atoms with Gasteiger partial charge in [0.1, 0.15) is 24.2 Å². The van der Waals surface area contributed by atoms with Gasteiger partial charge >= 0.3 is 5.97 Å². The van der Waals surface area contributed by atoms with E-state index in [4.69, 9.17) is 10.6 Å². The van der Waals surface area contributed by atoms with Crippen LogP contribution >= 0.6 is 0 Å². The molecule has 0 spiro atoms. The number of pyridine rings is 1. The van der Waals surface area contributed by atoms with Crippen LogP contribution in [-0.2, 0) is 11.4 Å². The fraction of sp³-hybridized carbons (Fsp3) is 0.421. The molecule has 0 radical (unpaired) electrons. The van der Waals surface area contributed by atoms with E-state index in [-0.39, 0.29) is 36.2 Å². The Hall–Kier alpha value is -3.01. The average Bonchev–Trinajstić information content (AvgIpc) is 2.65. The predicted octanol–water partition coefficient (Wildman–Crippen LogP) is 1.93. The maximum atomic E-state index is 15.5. The molecule has 1 saturated heterocycles. The van der Waals surface area contributed by atoms with Crippen LogP contribution in [0.2, 0.25) is 0 Å². The number of hydrogen-bond donors (Lipinski definition) is 2. The first kappa shape index (κ1) is 20.7. The number of hydrogen-bond acceptors (Lipinski definition) is 6. The standard InChI is InChI=1S/C19H22F2N4O4/c1-4-24-8-11(18(27)28)17(26)10-7-12(20)16(14(21)15(10)24)25-6-5-19(2,22)13(9-25)23-29-3/h7-8H,4-6,9,22H2,1-3H3,(H,27,28)/b23-13+. The number of benzene rings is 1. The minimum atomic E-state index is -1.46. The molecule has 29 heavy (non-hydrogen) atoms. The van der Waals surface area contributed by atoms with Crippen LogP contribution in [0.5, 0.6) is 0 Å². The molecular formula is C19H22F2N4O4. The van der Waals surface area contributed by atoms with Crippen molar-refractivity contribution in [3.05, 3.63) is 39.7 Å². The molecule has 1 aliphatic rings. The lowest BCUT2D eigenvalue weighted by atomic mass is 9.88. The summed E-state index contributed by atoms with van der Waals surface area (Å²) in [6.07, 6.45) is 1.45. The Kier molecular flexibility index (Phi) is 5.31. The van der Waals surface area contributed by atoms with Crippen LogP contribution in [0.15, 0.2) is 22.2 Å². The Morgan fingerprint density at radius 3 is 2.72 bits per heavy atom. The third kappa shape index (κ3) is 3.44. The maximum absolute atomic E-state index is 15.5. The molecule has 3 rings (SSSR count). The summed E-state index contributed by atoms with van der Waals surface area (Å²) in [4.78, 5) is 30.1. The molecule has 1 unspecified atom stereocenters. The first-order chi connectivity index (χ1) is 13.6. The number of piperidine rings is 1. The predicted molar refractivity (Wildman–Crippen MR) is 105 cm³/mol. The van der Waals surface area contributed by atoms with Gasteiger partial charge in [0.2, 0.25) is 5.43 Å². The largest absolute Gasteiger partial charge is 0.477 e. The van der Waals surface area contributed by atoms with Gasteiger partial charge in [-0.3, -0.25) is 4.79 Å². The average molecular weight is 408 g/mol. The van der Waals surface area contributed by atoms with Gasteiger partial charge in [0.05, 0.1) is 28.7 Å². The van der Waals surface area contributed by atoms with E-state index >= 15 is 4.39 Å². The van der Waals surface area contributed by atoms with Crippen LogP contribution in [0.25, 0.3) is 10.9 Å². The Labute approximate surface area is 165 Å². The number of oxime groups is 1. The van der Waals surface area contributed by atoms with Crippen molar-refractivity contribution in [3.8, 4) is 0 Å². The van der Waals surface area contributed by atoms with Crippen molar-refractivity contribution < 1.29 is 23.5 Å². The van der Waals surface area contributed by atoms with Crippen molar-refractivity contribution in [2.45, 2.75) is 32.4 Å². The van der Waals surface area contributed by atoms with Crippen molar-refractivity contribution in [3.63, 3.8) is 0 Å². The number of carbonyl (C=O) groups is 1. The zero-order valence-corrected chi connectivity index (χ0v) is 16.3. The molecule has 1 fully saturated rings. The van der Waals surface area contributed by atoms with Gasteiger partial charge in [0, 0.05) is 19.3 Å². The molecule has 1 aromatic carbocycles. The molecule has 3 N–H and O–H groups in total. The van der Waals surface area contributed by atoms with Gasteiger partial charge in [-0.25, -0.2) is 13.6 Å². The third-order valence-corrected chi connectivity index (χ3v) is 5.22. The van der Waals surface area contributed by atoms with Crippen molar-refractivity contribution in [1.29, 1.82) is 0 Å². The number of fused-ring (bicyclic) bond motifs is 1.